The maximum atomic E-state index is 12.4. The largest absolute Gasteiger partial charge is 0.355 e. The Balaban J connectivity index is 2.02. The summed E-state index contributed by atoms with van der Waals surface area (Å²) in [5.41, 5.74) is 0.179. The second kappa shape index (κ2) is 9.47. The van der Waals surface area contributed by atoms with Gasteiger partial charge in [0.2, 0.25) is 5.91 Å². The molecule has 0 radical (unpaired) electrons. The molecule has 10 heteroatoms. The van der Waals surface area contributed by atoms with Gasteiger partial charge in [-0.2, -0.15) is 0 Å². The monoisotopic (exact) mass is 404 g/mol. The number of nitrogens with zero attached hydrogens (tertiary/aromatic N) is 1. The van der Waals surface area contributed by atoms with Crippen molar-refractivity contribution in [3.63, 3.8) is 0 Å². The molecule has 0 bridgehead atoms. The first kappa shape index (κ1) is 20.8. The van der Waals surface area contributed by atoms with Crippen LogP contribution in [0.3, 0.4) is 0 Å². The van der Waals surface area contributed by atoms with Crippen molar-refractivity contribution in [1.29, 1.82) is 0 Å². The minimum Gasteiger partial charge on any atom is -0.355 e. The zero-order valence-electron chi connectivity index (χ0n) is 14.8. The van der Waals surface area contributed by atoms with Crippen LogP contribution in [0.2, 0.25) is 5.02 Å². The first-order valence-corrected chi connectivity index (χ1v) is 8.53. The van der Waals surface area contributed by atoms with Crippen LogP contribution in [0.15, 0.2) is 42.5 Å². The van der Waals surface area contributed by atoms with E-state index in [9.17, 15) is 24.5 Å². The van der Waals surface area contributed by atoms with E-state index in [0.717, 1.165) is 6.07 Å². The maximum absolute atomic E-state index is 12.4. The Morgan fingerprint density at radius 2 is 1.64 bits per heavy atom. The predicted molar refractivity (Wildman–Crippen MR) is 104 cm³/mol. The molecule has 2 aromatic carbocycles. The predicted octanol–water partition coefficient (Wildman–Crippen LogP) is 2.37. The lowest BCUT2D eigenvalue weighted by atomic mass is 10.1. The summed E-state index contributed by atoms with van der Waals surface area (Å²) in [7, 11) is 0. The highest BCUT2D eigenvalue weighted by atomic mass is 35.5. The molecule has 0 aliphatic heterocycles. The number of rotatable bonds is 7. The fraction of sp³-hybridized carbons (Fsp3) is 0.167. The van der Waals surface area contributed by atoms with Gasteiger partial charge in [0, 0.05) is 42.4 Å². The molecule has 0 unspecified atom stereocenters. The zero-order chi connectivity index (χ0) is 20.7. The molecular weight excluding hydrogens is 388 g/mol. The van der Waals surface area contributed by atoms with Gasteiger partial charge in [0.25, 0.3) is 17.5 Å². The summed E-state index contributed by atoms with van der Waals surface area (Å²) in [5, 5.41) is 19.0. The fourth-order valence-corrected chi connectivity index (χ4v) is 2.44. The van der Waals surface area contributed by atoms with E-state index in [1.807, 2.05) is 0 Å². The van der Waals surface area contributed by atoms with Crippen molar-refractivity contribution in [1.82, 2.24) is 10.6 Å². The van der Waals surface area contributed by atoms with Crippen LogP contribution in [0.1, 0.15) is 27.6 Å². The molecule has 0 saturated heterocycles. The van der Waals surface area contributed by atoms with E-state index < -0.39 is 10.8 Å². The van der Waals surface area contributed by atoms with E-state index in [1.54, 1.807) is 0 Å². The van der Waals surface area contributed by atoms with E-state index in [4.69, 9.17) is 11.6 Å². The average molecular weight is 405 g/mol. The van der Waals surface area contributed by atoms with E-state index in [1.165, 1.54) is 43.3 Å². The molecule has 0 fully saturated rings. The molecule has 0 aliphatic carbocycles. The van der Waals surface area contributed by atoms with Crippen LogP contribution < -0.4 is 16.0 Å². The van der Waals surface area contributed by atoms with Crippen LogP contribution in [0.25, 0.3) is 0 Å². The summed E-state index contributed by atoms with van der Waals surface area (Å²) in [6.07, 6.45) is 0. The number of hydrogen-bond donors (Lipinski definition) is 3. The summed E-state index contributed by atoms with van der Waals surface area (Å²) >= 11 is 5.82. The third kappa shape index (κ3) is 5.78. The van der Waals surface area contributed by atoms with Crippen LogP contribution in [0, 0.1) is 10.1 Å². The summed E-state index contributed by atoms with van der Waals surface area (Å²) in [5.74, 6) is -1.22. The number of amides is 3. The number of benzene rings is 2. The number of anilines is 1. The Hall–Kier alpha value is -3.46. The fourth-order valence-electron chi connectivity index (χ4n) is 2.27. The molecular formula is C18H17ClN4O5. The molecule has 0 spiro atoms. The van der Waals surface area contributed by atoms with Crippen LogP contribution >= 0.6 is 11.6 Å². The van der Waals surface area contributed by atoms with Gasteiger partial charge in [0.1, 0.15) is 5.56 Å². The normalized spacial score (nSPS) is 10.1. The molecule has 9 nitrogen and oxygen atoms in total. The second-order valence-corrected chi connectivity index (χ2v) is 6.13. The van der Waals surface area contributed by atoms with Gasteiger partial charge in [0.15, 0.2) is 0 Å². The highest BCUT2D eigenvalue weighted by Crippen LogP contribution is 2.24. The lowest BCUT2D eigenvalue weighted by Gasteiger charge is -2.08. The smallest absolute Gasteiger partial charge is 0.282 e. The van der Waals surface area contributed by atoms with Crippen molar-refractivity contribution >= 4 is 40.7 Å². The number of hydrogen-bond acceptors (Lipinski definition) is 5. The number of nitro groups is 1. The molecule has 0 heterocycles. The van der Waals surface area contributed by atoms with E-state index in [-0.39, 0.29) is 34.6 Å². The number of carbonyl (C=O) groups is 3. The van der Waals surface area contributed by atoms with Gasteiger partial charge in [-0.15, -0.1) is 0 Å². The Kier molecular flexibility index (Phi) is 7.05. The van der Waals surface area contributed by atoms with Crippen LogP contribution in [-0.4, -0.2) is 35.7 Å². The Bertz CT molecular complexity index is 915. The van der Waals surface area contributed by atoms with Crippen LogP contribution in [-0.2, 0) is 4.79 Å². The summed E-state index contributed by atoms with van der Waals surface area (Å²) in [4.78, 5) is 45.5. The molecule has 0 saturated carbocycles. The van der Waals surface area contributed by atoms with Gasteiger partial charge >= 0.3 is 0 Å². The third-order valence-electron chi connectivity index (χ3n) is 3.59. The lowest BCUT2D eigenvalue weighted by molar-refractivity contribution is -0.385. The third-order valence-corrected chi connectivity index (χ3v) is 3.82. The van der Waals surface area contributed by atoms with Gasteiger partial charge < -0.3 is 16.0 Å². The van der Waals surface area contributed by atoms with Crippen LogP contribution in [0.5, 0.6) is 0 Å². The second-order valence-electron chi connectivity index (χ2n) is 5.69. The van der Waals surface area contributed by atoms with E-state index in [0.29, 0.717) is 17.8 Å². The highest BCUT2D eigenvalue weighted by molar-refractivity contribution is 6.31. The molecule has 0 aromatic heterocycles. The Morgan fingerprint density at radius 1 is 1.00 bits per heavy atom. The molecule has 3 amide bonds. The van der Waals surface area contributed by atoms with E-state index >= 15 is 0 Å². The van der Waals surface area contributed by atoms with Crippen molar-refractivity contribution in [3.8, 4) is 0 Å². The molecule has 2 aromatic rings. The molecule has 3 N–H and O–H groups in total. The summed E-state index contributed by atoms with van der Waals surface area (Å²) < 4.78 is 0. The molecule has 28 heavy (non-hydrogen) atoms. The highest BCUT2D eigenvalue weighted by Gasteiger charge is 2.20. The summed E-state index contributed by atoms with van der Waals surface area (Å²) in [6, 6.07) is 9.69. The van der Waals surface area contributed by atoms with Gasteiger partial charge in [-0.05, 0) is 36.4 Å². The molecule has 0 aliphatic rings. The van der Waals surface area contributed by atoms with Gasteiger partial charge in [-0.3, -0.25) is 24.5 Å². The first-order valence-electron chi connectivity index (χ1n) is 8.16. The van der Waals surface area contributed by atoms with E-state index in [2.05, 4.69) is 16.0 Å². The number of carbonyl (C=O) groups excluding carboxylic acids is 3. The average Bonchev–Trinajstić information content (AvgIpc) is 2.65. The Morgan fingerprint density at radius 3 is 2.25 bits per heavy atom. The topological polar surface area (TPSA) is 130 Å². The SMILES string of the molecule is CC(=O)NCCNC(=O)c1ccc(NC(=O)c2cc(Cl)ccc2[N+](=O)[O-])cc1. The quantitative estimate of drug-likeness (QED) is 0.370. The van der Waals surface area contributed by atoms with Gasteiger partial charge in [-0.1, -0.05) is 11.6 Å². The maximum Gasteiger partial charge on any atom is 0.282 e. The van der Waals surface area contributed by atoms with Crippen molar-refractivity contribution in [3.05, 3.63) is 68.7 Å². The lowest BCUT2D eigenvalue weighted by Crippen LogP contribution is -2.33. The van der Waals surface area contributed by atoms with Gasteiger partial charge in [-0.25, -0.2) is 0 Å². The molecule has 0 atom stereocenters. The first-order chi connectivity index (χ1) is 13.3. The van der Waals surface area contributed by atoms with Gasteiger partial charge in [0.05, 0.1) is 4.92 Å². The van der Waals surface area contributed by atoms with Crippen molar-refractivity contribution in [2.45, 2.75) is 6.92 Å². The number of halogens is 1. The zero-order valence-corrected chi connectivity index (χ0v) is 15.6. The standard InChI is InChI=1S/C18H17ClN4O5/c1-11(24)20-8-9-21-17(25)12-2-5-14(6-3-12)22-18(26)15-10-13(19)4-7-16(15)23(27)28/h2-7,10H,8-9H2,1H3,(H,20,24)(H,21,25)(H,22,26). The van der Waals surface area contributed by atoms with Crippen molar-refractivity contribution < 1.29 is 19.3 Å². The minimum absolute atomic E-state index is 0.169. The number of nitro benzene ring substituents is 1. The summed E-state index contributed by atoms with van der Waals surface area (Å²) in [6.45, 7) is 1.97. The Labute approximate surface area is 165 Å². The van der Waals surface area contributed by atoms with Crippen molar-refractivity contribution in [2.75, 3.05) is 18.4 Å². The molecule has 146 valence electrons. The number of nitrogens with one attached hydrogen (secondary N) is 3. The minimum atomic E-state index is -0.693. The van der Waals surface area contributed by atoms with Crippen molar-refractivity contribution in [2.24, 2.45) is 0 Å². The molecule has 2 rings (SSSR count). The van der Waals surface area contributed by atoms with Crippen LogP contribution in [0.4, 0.5) is 11.4 Å².